The van der Waals surface area contributed by atoms with Gasteiger partial charge in [0.25, 0.3) is 0 Å². The molecule has 92 valence electrons. The number of fused-ring (bicyclic) bond motifs is 3. The number of rotatable bonds is 2. The fourth-order valence-corrected chi connectivity index (χ4v) is 2.21. The van der Waals surface area contributed by atoms with Crippen LogP contribution in [0.15, 0.2) is 53.5 Å². The molecule has 0 radical (unpaired) electrons. The highest BCUT2D eigenvalue weighted by atomic mass is 16.3. The van der Waals surface area contributed by atoms with Gasteiger partial charge in [0.2, 0.25) is 11.6 Å². The molecule has 0 saturated carbocycles. The van der Waals surface area contributed by atoms with Gasteiger partial charge < -0.3 is 9.40 Å². The van der Waals surface area contributed by atoms with Gasteiger partial charge in [0.05, 0.1) is 22.9 Å². The normalized spacial score (nSPS) is 11.4. The molecule has 5 heteroatoms. The summed E-state index contributed by atoms with van der Waals surface area (Å²) in [6, 6.07) is 9.43. The molecule has 0 saturated heterocycles. The summed E-state index contributed by atoms with van der Waals surface area (Å²) in [5.74, 6) is 0.552. The van der Waals surface area contributed by atoms with Crippen LogP contribution in [0.2, 0.25) is 0 Å². The van der Waals surface area contributed by atoms with Crippen LogP contribution in [0.5, 0.6) is 0 Å². The zero-order chi connectivity index (χ0) is 12.8. The molecule has 0 amide bonds. The van der Waals surface area contributed by atoms with Gasteiger partial charge >= 0.3 is 0 Å². The lowest BCUT2D eigenvalue weighted by molar-refractivity contribution is 0.103. The Bertz CT molecular complexity index is 884. The second-order valence-corrected chi connectivity index (χ2v) is 4.30. The smallest absolute Gasteiger partial charge is 0.214 e. The number of H-pyrrole nitrogens is 1. The molecule has 0 spiro atoms. The monoisotopic (exact) mass is 251 g/mol. The van der Waals surface area contributed by atoms with Crippen molar-refractivity contribution >= 4 is 22.6 Å². The van der Waals surface area contributed by atoms with Gasteiger partial charge in [0.1, 0.15) is 12.0 Å². The summed E-state index contributed by atoms with van der Waals surface area (Å²) in [6.07, 6.45) is 4.68. The van der Waals surface area contributed by atoms with Crippen molar-refractivity contribution in [3.63, 3.8) is 0 Å². The molecule has 0 aliphatic rings. The summed E-state index contributed by atoms with van der Waals surface area (Å²) in [6.45, 7) is 0. The van der Waals surface area contributed by atoms with Crippen molar-refractivity contribution in [2.24, 2.45) is 0 Å². The summed E-state index contributed by atoms with van der Waals surface area (Å²) in [5, 5.41) is 0. The summed E-state index contributed by atoms with van der Waals surface area (Å²) < 4.78 is 6.80. The van der Waals surface area contributed by atoms with Crippen LogP contribution in [0.4, 0.5) is 0 Å². The number of para-hydroxylation sites is 2. The molecule has 0 atom stereocenters. The Balaban J connectivity index is 1.91. The number of imidazole rings is 2. The minimum atomic E-state index is -0.108. The number of furan rings is 1. The van der Waals surface area contributed by atoms with Crippen LogP contribution in [0.1, 0.15) is 16.1 Å². The van der Waals surface area contributed by atoms with Gasteiger partial charge in [-0.05, 0) is 18.2 Å². The number of nitrogens with zero attached hydrogens (tertiary/aromatic N) is 2. The van der Waals surface area contributed by atoms with E-state index in [1.807, 2.05) is 28.7 Å². The predicted molar refractivity (Wildman–Crippen MR) is 69.2 cm³/mol. The second-order valence-electron chi connectivity index (χ2n) is 4.30. The molecule has 0 bridgehead atoms. The van der Waals surface area contributed by atoms with E-state index in [2.05, 4.69) is 9.97 Å². The number of hydrogen-bond donors (Lipinski definition) is 1. The van der Waals surface area contributed by atoms with Gasteiger partial charge in [-0.1, -0.05) is 12.1 Å². The number of aromatic amines is 1. The third kappa shape index (κ3) is 1.41. The van der Waals surface area contributed by atoms with E-state index in [1.54, 1.807) is 12.3 Å². The number of carbonyl (C=O) groups excluding carboxylic acids is 1. The lowest BCUT2D eigenvalue weighted by Gasteiger charge is -1.91. The zero-order valence-corrected chi connectivity index (χ0v) is 9.83. The fraction of sp³-hybridized carbons (Fsp3) is 0. The van der Waals surface area contributed by atoms with Crippen LogP contribution in [0, 0.1) is 0 Å². The molecule has 0 aliphatic heterocycles. The van der Waals surface area contributed by atoms with Gasteiger partial charge in [-0.2, -0.15) is 0 Å². The van der Waals surface area contributed by atoms with Gasteiger partial charge in [0, 0.05) is 6.20 Å². The number of carbonyl (C=O) groups is 1. The minimum absolute atomic E-state index is 0.108. The summed E-state index contributed by atoms with van der Waals surface area (Å²) in [7, 11) is 0. The van der Waals surface area contributed by atoms with Gasteiger partial charge in [-0.3, -0.25) is 9.20 Å². The second kappa shape index (κ2) is 3.58. The lowest BCUT2D eigenvalue weighted by atomic mass is 10.2. The maximum atomic E-state index is 12.2. The summed E-state index contributed by atoms with van der Waals surface area (Å²) in [5.41, 5.74) is 2.89. The standard InChI is InChI=1S/C14H9N3O2/c18-13(9-5-6-19-8-9)11-7-17-12-4-2-1-3-10(12)15-14(17)16-11/h1-8H,(H,15,16). The van der Waals surface area contributed by atoms with E-state index in [1.165, 1.54) is 12.5 Å². The molecule has 0 fully saturated rings. The first-order valence-corrected chi connectivity index (χ1v) is 5.85. The number of hydrogen-bond acceptors (Lipinski definition) is 3. The first kappa shape index (κ1) is 10.1. The van der Waals surface area contributed by atoms with Crippen LogP contribution in [0.25, 0.3) is 16.8 Å². The topological polar surface area (TPSA) is 63.3 Å². The van der Waals surface area contributed by atoms with E-state index in [0.717, 1.165) is 11.0 Å². The summed E-state index contributed by atoms with van der Waals surface area (Å²) >= 11 is 0. The number of benzene rings is 1. The van der Waals surface area contributed by atoms with Crippen LogP contribution < -0.4 is 0 Å². The maximum absolute atomic E-state index is 12.2. The highest BCUT2D eigenvalue weighted by Gasteiger charge is 2.15. The van der Waals surface area contributed by atoms with Crippen molar-refractivity contribution in [2.45, 2.75) is 0 Å². The SMILES string of the molecule is O=C(c1ccoc1)c1cn2c(nc3ccccc32)[nH]1. The van der Waals surface area contributed by atoms with Gasteiger partial charge in [-0.25, -0.2) is 4.98 Å². The van der Waals surface area contributed by atoms with Gasteiger partial charge in [0.15, 0.2) is 0 Å². The van der Waals surface area contributed by atoms with E-state index in [4.69, 9.17) is 4.42 Å². The highest BCUT2D eigenvalue weighted by Crippen LogP contribution is 2.18. The van der Waals surface area contributed by atoms with Crippen molar-refractivity contribution in [1.82, 2.24) is 14.4 Å². The average molecular weight is 251 g/mol. The van der Waals surface area contributed by atoms with E-state index >= 15 is 0 Å². The minimum Gasteiger partial charge on any atom is -0.472 e. The van der Waals surface area contributed by atoms with E-state index in [0.29, 0.717) is 17.0 Å². The third-order valence-electron chi connectivity index (χ3n) is 3.13. The van der Waals surface area contributed by atoms with Crippen LogP contribution in [0.3, 0.4) is 0 Å². The molecule has 1 aromatic carbocycles. The molecular weight excluding hydrogens is 242 g/mol. The van der Waals surface area contributed by atoms with E-state index in [9.17, 15) is 4.79 Å². The van der Waals surface area contributed by atoms with Crippen LogP contribution >= 0.6 is 0 Å². The fourth-order valence-electron chi connectivity index (χ4n) is 2.21. The molecular formula is C14H9N3O2. The molecule has 4 rings (SSSR count). The Morgan fingerprint density at radius 3 is 3.00 bits per heavy atom. The lowest BCUT2D eigenvalue weighted by Crippen LogP contribution is -1.99. The van der Waals surface area contributed by atoms with E-state index in [-0.39, 0.29) is 5.78 Å². The Hall–Kier alpha value is -2.82. The molecule has 1 N–H and O–H groups in total. The molecule has 5 nitrogen and oxygen atoms in total. The Labute approximate surface area is 107 Å². The van der Waals surface area contributed by atoms with Crippen molar-refractivity contribution < 1.29 is 9.21 Å². The number of ketones is 1. The third-order valence-corrected chi connectivity index (χ3v) is 3.13. The largest absolute Gasteiger partial charge is 0.472 e. The molecule has 0 unspecified atom stereocenters. The highest BCUT2D eigenvalue weighted by molar-refractivity contribution is 6.07. The average Bonchev–Trinajstić information content (AvgIpc) is 3.13. The maximum Gasteiger partial charge on any atom is 0.214 e. The van der Waals surface area contributed by atoms with E-state index < -0.39 is 0 Å². The van der Waals surface area contributed by atoms with Crippen LogP contribution in [-0.4, -0.2) is 20.2 Å². The molecule has 19 heavy (non-hydrogen) atoms. The van der Waals surface area contributed by atoms with Crippen molar-refractivity contribution in [2.75, 3.05) is 0 Å². The summed E-state index contributed by atoms with van der Waals surface area (Å²) in [4.78, 5) is 19.6. The number of aromatic nitrogens is 3. The molecule has 4 aromatic rings. The van der Waals surface area contributed by atoms with Crippen molar-refractivity contribution in [3.8, 4) is 0 Å². The Kier molecular flexibility index (Phi) is 1.91. The zero-order valence-electron chi connectivity index (χ0n) is 9.83. The van der Waals surface area contributed by atoms with Crippen molar-refractivity contribution in [1.29, 1.82) is 0 Å². The molecule has 3 heterocycles. The molecule has 3 aromatic heterocycles. The Morgan fingerprint density at radius 1 is 1.26 bits per heavy atom. The molecule has 0 aliphatic carbocycles. The van der Waals surface area contributed by atoms with Gasteiger partial charge in [-0.15, -0.1) is 0 Å². The predicted octanol–water partition coefficient (Wildman–Crippen LogP) is 2.64. The van der Waals surface area contributed by atoms with Crippen LogP contribution in [-0.2, 0) is 0 Å². The first-order chi connectivity index (χ1) is 9.33. The Morgan fingerprint density at radius 2 is 2.16 bits per heavy atom. The quantitative estimate of drug-likeness (QED) is 0.557. The van der Waals surface area contributed by atoms with Crippen molar-refractivity contribution in [3.05, 3.63) is 60.3 Å². The number of nitrogens with one attached hydrogen (secondary N) is 1. The first-order valence-electron chi connectivity index (χ1n) is 5.85.